The monoisotopic (exact) mass is 407 g/mol. The van der Waals surface area contributed by atoms with Gasteiger partial charge >= 0.3 is 6.03 Å². The van der Waals surface area contributed by atoms with Crippen LogP contribution in [0.1, 0.15) is 11.1 Å². The van der Waals surface area contributed by atoms with Crippen LogP contribution in [0.25, 0.3) is 10.8 Å². The van der Waals surface area contributed by atoms with Crippen LogP contribution >= 0.6 is 0 Å². The molecule has 1 aliphatic heterocycles. The quantitative estimate of drug-likeness (QED) is 0.695. The molecule has 1 saturated heterocycles. The maximum absolute atomic E-state index is 13.8. The van der Waals surface area contributed by atoms with Crippen LogP contribution in [0, 0.1) is 5.82 Å². The van der Waals surface area contributed by atoms with Gasteiger partial charge in [-0.05, 0) is 40.6 Å². The van der Waals surface area contributed by atoms with Crippen LogP contribution in [0.4, 0.5) is 9.18 Å². The van der Waals surface area contributed by atoms with Crippen molar-refractivity contribution in [3.05, 3.63) is 77.6 Å². The molecule has 0 aliphatic carbocycles. The van der Waals surface area contributed by atoms with Gasteiger partial charge in [0.2, 0.25) is 0 Å². The van der Waals surface area contributed by atoms with Crippen molar-refractivity contribution in [3.8, 4) is 5.75 Å². The Labute approximate surface area is 176 Å². The van der Waals surface area contributed by atoms with E-state index in [1.807, 2.05) is 47.4 Å². The average molecular weight is 407 g/mol. The molecule has 0 radical (unpaired) electrons. The van der Waals surface area contributed by atoms with E-state index in [9.17, 15) is 9.18 Å². The van der Waals surface area contributed by atoms with Crippen molar-refractivity contribution < 1.29 is 13.9 Å². The van der Waals surface area contributed by atoms with Crippen molar-refractivity contribution in [1.82, 2.24) is 15.1 Å². The molecule has 0 aromatic heterocycles. The largest absolute Gasteiger partial charge is 0.497 e. The Morgan fingerprint density at radius 3 is 2.50 bits per heavy atom. The number of halogens is 1. The molecule has 5 nitrogen and oxygen atoms in total. The number of hydrogen-bond acceptors (Lipinski definition) is 3. The van der Waals surface area contributed by atoms with Crippen molar-refractivity contribution in [2.75, 3.05) is 33.3 Å². The molecule has 2 amide bonds. The maximum Gasteiger partial charge on any atom is 0.317 e. The molecule has 0 atom stereocenters. The topological polar surface area (TPSA) is 44.8 Å². The Morgan fingerprint density at radius 2 is 1.73 bits per heavy atom. The number of benzene rings is 3. The minimum Gasteiger partial charge on any atom is -0.497 e. The van der Waals surface area contributed by atoms with Crippen LogP contribution in [0.2, 0.25) is 0 Å². The Hall–Kier alpha value is -3.12. The molecule has 3 aromatic rings. The third-order valence-corrected chi connectivity index (χ3v) is 5.57. The minimum absolute atomic E-state index is 0.0598. The minimum atomic E-state index is -0.175. The van der Waals surface area contributed by atoms with Crippen LogP contribution in [0.15, 0.2) is 60.7 Å². The number of hydrogen-bond donors (Lipinski definition) is 1. The molecule has 1 heterocycles. The van der Waals surface area contributed by atoms with E-state index < -0.39 is 0 Å². The van der Waals surface area contributed by atoms with Gasteiger partial charge in [0, 0.05) is 44.8 Å². The highest BCUT2D eigenvalue weighted by Gasteiger charge is 2.21. The van der Waals surface area contributed by atoms with E-state index in [-0.39, 0.29) is 11.8 Å². The fourth-order valence-corrected chi connectivity index (χ4v) is 3.78. The Kier molecular flexibility index (Phi) is 6.14. The van der Waals surface area contributed by atoms with E-state index >= 15 is 0 Å². The Balaban J connectivity index is 1.28. The molecule has 156 valence electrons. The summed E-state index contributed by atoms with van der Waals surface area (Å²) in [5.41, 5.74) is 1.75. The lowest BCUT2D eigenvalue weighted by atomic mass is 10.1. The number of amides is 2. The zero-order valence-electron chi connectivity index (χ0n) is 17.1. The summed E-state index contributed by atoms with van der Waals surface area (Å²) in [6.45, 7) is 3.80. The van der Waals surface area contributed by atoms with Crippen LogP contribution < -0.4 is 10.1 Å². The number of urea groups is 1. The fourth-order valence-electron chi connectivity index (χ4n) is 3.78. The van der Waals surface area contributed by atoms with E-state index in [1.54, 1.807) is 13.2 Å². The van der Waals surface area contributed by atoms with Gasteiger partial charge in [0.15, 0.2) is 0 Å². The van der Waals surface area contributed by atoms with E-state index in [2.05, 4.69) is 16.3 Å². The number of piperazine rings is 1. The normalized spacial score (nSPS) is 14.7. The molecule has 30 heavy (non-hydrogen) atoms. The zero-order chi connectivity index (χ0) is 20.9. The zero-order valence-corrected chi connectivity index (χ0v) is 17.1. The number of ether oxygens (including phenoxy) is 1. The first-order chi connectivity index (χ1) is 14.6. The second kappa shape index (κ2) is 9.13. The number of methoxy groups -OCH3 is 1. The summed E-state index contributed by atoms with van der Waals surface area (Å²) in [6, 6.07) is 18.9. The number of carbonyl (C=O) groups excluding carboxylic acids is 1. The summed E-state index contributed by atoms with van der Waals surface area (Å²) in [5, 5.41) is 5.24. The van der Waals surface area contributed by atoms with Gasteiger partial charge in [0.05, 0.1) is 7.11 Å². The van der Waals surface area contributed by atoms with Crippen molar-refractivity contribution in [1.29, 1.82) is 0 Å². The number of carbonyl (C=O) groups is 1. The van der Waals surface area contributed by atoms with Crippen molar-refractivity contribution in [2.24, 2.45) is 0 Å². The summed E-state index contributed by atoms with van der Waals surface area (Å²) < 4.78 is 19.1. The number of fused-ring (bicyclic) bond motifs is 1. The van der Waals surface area contributed by atoms with Gasteiger partial charge in [-0.3, -0.25) is 4.90 Å². The van der Waals surface area contributed by atoms with E-state index in [0.717, 1.165) is 35.2 Å². The summed E-state index contributed by atoms with van der Waals surface area (Å²) in [7, 11) is 1.66. The molecule has 1 fully saturated rings. The van der Waals surface area contributed by atoms with Gasteiger partial charge in [-0.15, -0.1) is 0 Å². The van der Waals surface area contributed by atoms with Crippen LogP contribution in [-0.4, -0.2) is 49.1 Å². The van der Waals surface area contributed by atoms with Gasteiger partial charge in [-0.1, -0.05) is 36.4 Å². The average Bonchev–Trinajstić information content (AvgIpc) is 2.79. The standard InChI is InChI=1S/C24H26FN3O2/c1-30-22-9-8-19-14-18(6-7-20(19)15-22)16-26-24(29)28-12-10-27(11-13-28)17-21-4-2-3-5-23(21)25/h2-9,14-15H,10-13,16-17H2,1H3,(H,26,29). The third kappa shape index (κ3) is 4.71. The second-order valence-electron chi connectivity index (χ2n) is 7.56. The maximum atomic E-state index is 13.8. The van der Waals surface area contributed by atoms with Crippen LogP contribution in [0.3, 0.4) is 0 Å². The highest BCUT2D eigenvalue weighted by molar-refractivity contribution is 5.84. The lowest BCUT2D eigenvalue weighted by Crippen LogP contribution is -2.51. The third-order valence-electron chi connectivity index (χ3n) is 5.57. The molecule has 0 saturated carbocycles. The summed E-state index contributed by atoms with van der Waals surface area (Å²) in [6.07, 6.45) is 0. The predicted octanol–water partition coefficient (Wildman–Crippen LogP) is 4.01. The van der Waals surface area contributed by atoms with Crippen molar-refractivity contribution in [3.63, 3.8) is 0 Å². The number of rotatable bonds is 5. The van der Waals surface area contributed by atoms with Gasteiger partial charge < -0.3 is 15.0 Å². The first-order valence-electron chi connectivity index (χ1n) is 10.2. The van der Waals surface area contributed by atoms with Gasteiger partial charge in [0.1, 0.15) is 11.6 Å². The first-order valence-corrected chi connectivity index (χ1v) is 10.2. The number of nitrogens with zero attached hydrogens (tertiary/aromatic N) is 2. The predicted molar refractivity (Wildman–Crippen MR) is 116 cm³/mol. The SMILES string of the molecule is COc1ccc2cc(CNC(=O)N3CCN(Cc4ccccc4F)CC3)ccc2c1. The van der Waals surface area contributed by atoms with Crippen molar-refractivity contribution >= 4 is 16.8 Å². The van der Waals surface area contributed by atoms with E-state index in [0.29, 0.717) is 31.7 Å². The summed E-state index contributed by atoms with van der Waals surface area (Å²) >= 11 is 0. The molecule has 4 rings (SSSR count). The smallest absolute Gasteiger partial charge is 0.317 e. The first kappa shape index (κ1) is 20.2. The molecule has 3 aromatic carbocycles. The molecular weight excluding hydrogens is 381 g/mol. The molecule has 0 unspecified atom stereocenters. The highest BCUT2D eigenvalue weighted by Crippen LogP contribution is 2.22. The van der Waals surface area contributed by atoms with Crippen LogP contribution in [-0.2, 0) is 13.1 Å². The molecule has 1 N–H and O–H groups in total. The van der Waals surface area contributed by atoms with Crippen molar-refractivity contribution in [2.45, 2.75) is 13.1 Å². The van der Waals surface area contributed by atoms with Gasteiger partial charge in [-0.2, -0.15) is 0 Å². The second-order valence-corrected chi connectivity index (χ2v) is 7.56. The Bertz CT molecular complexity index is 1030. The summed E-state index contributed by atoms with van der Waals surface area (Å²) in [4.78, 5) is 16.6. The van der Waals surface area contributed by atoms with Gasteiger partial charge in [-0.25, -0.2) is 9.18 Å². The summed E-state index contributed by atoms with van der Waals surface area (Å²) in [5.74, 6) is 0.657. The lowest BCUT2D eigenvalue weighted by Gasteiger charge is -2.34. The molecule has 0 spiro atoms. The van der Waals surface area contributed by atoms with E-state index in [1.165, 1.54) is 6.07 Å². The Morgan fingerprint density at radius 1 is 1.00 bits per heavy atom. The van der Waals surface area contributed by atoms with Crippen LogP contribution in [0.5, 0.6) is 5.75 Å². The van der Waals surface area contributed by atoms with Gasteiger partial charge in [0.25, 0.3) is 0 Å². The lowest BCUT2D eigenvalue weighted by molar-refractivity contribution is 0.134. The fraction of sp³-hybridized carbons (Fsp3) is 0.292. The molecule has 1 aliphatic rings. The van der Waals surface area contributed by atoms with E-state index in [4.69, 9.17) is 4.74 Å². The molecular formula is C24H26FN3O2. The highest BCUT2D eigenvalue weighted by atomic mass is 19.1. The number of nitrogens with one attached hydrogen (secondary N) is 1. The molecule has 0 bridgehead atoms. The molecule has 6 heteroatoms.